The molecule has 108 valence electrons. The summed E-state index contributed by atoms with van der Waals surface area (Å²) in [6.45, 7) is 6.33. The first-order chi connectivity index (χ1) is 9.60. The zero-order valence-corrected chi connectivity index (χ0v) is 12.9. The van der Waals surface area contributed by atoms with Crippen molar-refractivity contribution in [3.63, 3.8) is 0 Å². The summed E-state index contributed by atoms with van der Waals surface area (Å²) < 4.78 is 7.21. The Morgan fingerprint density at radius 1 is 1.55 bits per heavy atom. The first-order valence-electron chi connectivity index (χ1n) is 6.64. The molecule has 2 aromatic heterocycles. The van der Waals surface area contributed by atoms with Gasteiger partial charge in [-0.05, 0) is 38.2 Å². The number of furan rings is 1. The molecule has 0 radical (unpaired) electrons. The molecule has 0 aromatic carbocycles. The standard InChI is InChI=1S/C14H20N4OS/c1-4-18-10-12(11(2)16-18)9-17(3)14(20)15-8-13-6-5-7-19-13/h5-7,10H,4,8-9H2,1-3H3,(H,15,20). The average molecular weight is 292 g/mol. The van der Waals surface area contributed by atoms with Crippen LogP contribution in [-0.4, -0.2) is 26.8 Å². The van der Waals surface area contributed by atoms with E-state index in [0.29, 0.717) is 11.7 Å². The van der Waals surface area contributed by atoms with E-state index in [9.17, 15) is 0 Å². The fraction of sp³-hybridized carbons (Fsp3) is 0.429. The number of nitrogens with zero attached hydrogens (tertiary/aromatic N) is 3. The van der Waals surface area contributed by atoms with Crippen LogP contribution in [0.4, 0.5) is 0 Å². The molecule has 2 rings (SSSR count). The molecule has 0 amide bonds. The third kappa shape index (κ3) is 3.60. The number of aryl methyl sites for hydroxylation is 2. The summed E-state index contributed by atoms with van der Waals surface area (Å²) in [5.74, 6) is 0.871. The lowest BCUT2D eigenvalue weighted by molar-refractivity contribution is 0.468. The highest BCUT2D eigenvalue weighted by Gasteiger charge is 2.10. The second kappa shape index (κ2) is 6.56. The number of aromatic nitrogens is 2. The van der Waals surface area contributed by atoms with Crippen LogP contribution in [0, 0.1) is 6.92 Å². The van der Waals surface area contributed by atoms with Crippen LogP contribution in [0.2, 0.25) is 0 Å². The van der Waals surface area contributed by atoms with Crippen LogP contribution in [0.15, 0.2) is 29.0 Å². The van der Waals surface area contributed by atoms with Gasteiger partial charge in [0.25, 0.3) is 0 Å². The highest BCUT2D eigenvalue weighted by Crippen LogP contribution is 2.09. The topological polar surface area (TPSA) is 46.2 Å². The molecule has 0 spiro atoms. The van der Waals surface area contributed by atoms with Crippen LogP contribution in [0.25, 0.3) is 0 Å². The van der Waals surface area contributed by atoms with Gasteiger partial charge in [0.1, 0.15) is 5.76 Å². The van der Waals surface area contributed by atoms with E-state index < -0.39 is 0 Å². The van der Waals surface area contributed by atoms with Gasteiger partial charge in [-0.2, -0.15) is 5.10 Å². The number of hydrogen-bond acceptors (Lipinski definition) is 3. The maximum absolute atomic E-state index is 5.37. The van der Waals surface area contributed by atoms with Gasteiger partial charge in [-0.25, -0.2) is 0 Å². The summed E-state index contributed by atoms with van der Waals surface area (Å²) >= 11 is 5.37. The van der Waals surface area contributed by atoms with Crippen LogP contribution in [0.1, 0.15) is 23.9 Å². The molecule has 0 atom stereocenters. The average Bonchev–Trinajstić information content (AvgIpc) is 3.06. The summed E-state index contributed by atoms with van der Waals surface area (Å²) in [5.41, 5.74) is 2.24. The fourth-order valence-corrected chi connectivity index (χ4v) is 2.05. The molecule has 1 N–H and O–H groups in total. The van der Waals surface area contributed by atoms with Crippen molar-refractivity contribution < 1.29 is 4.42 Å². The minimum atomic E-state index is 0.601. The molecule has 5 nitrogen and oxygen atoms in total. The first kappa shape index (κ1) is 14.6. The third-order valence-corrected chi connectivity index (χ3v) is 3.58. The van der Waals surface area contributed by atoms with E-state index in [0.717, 1.165) is 24.5 Å². The summed E-state index contributed by atoms with van der Waals surface area (Å²) in [5, 5.41) is 8.32. The summed E-state index contributed by atoms with van der Waals surface area (Å²) in [6.07, 6.45) is 3.73. The van der Waals surface area contributed by atoms with Crippen LogP contribution in [-0.2, 0) is 19.6 Å². The lowest BCUT2D eigenvalue weighted by Crippen LogP contribution is -2.36. The van der Waals surface area contributed by atoms with Crippen molar-refractivity contribution in [1.29, 1.82) is 0 Å². The van der Waals surface area contributed by atoms with Crippen molar-refractivity contribution >= 4 is 17.3 Å². The molecule has 0 aliphatic carbocycles. The third-order valence-electron chi connectivity index (χ3n) is 3.12. The highest BCUT2D eigenvalue weighted by atomic mass is 32.1. The Bertz CT molecular complexity index is 562. The second-order valence-electron chi connectivity index (χ2n) is 4.69. The smallest absolute Gasteiger partial charge is 0.169 e. The van der Waals surface area contributed by atoms with Crippen molar-refractivity contribution in [2.75, 3.05) is 7.05 Å². The minimum Gasteiger partial charge on any atom is -0.467 e. The lowest BCUT2D eigenvalue weighted by atomic mass is 10.2. The van der Waals surface area contributed by atoms with Gasteiger partial charge in [0, 0.05) is 31.9 Å². The van der Waals surface area contributed by atoms with Gasteiger partial charge in [0.05, 0.1) is 18.5 Å². The largest absolute Gasteiger partial charge is 0.467 e. The minimum absolute atomic E-state index is 0.601. The second-order valence-corrected chi connectivity index (χ2v) is 5.08. The summed E-state index contributed by atoms with van der Waals surface area (Å²) in [7, 11) is 1.97. The van der Waals surface area contributed by atoms with Gasteiger partial charge in [0.15, 0.2) is 5.11 Å². The Morgan fingerprint density at radius 3 is 2.95 bits per heavy atom. The Balaban J connectivity index is 1.88. The van der Waals surface area contributed by atoms with Crippen molar-refractivity contribution in [2.24, 2.45) is 0 Å². The number of hydrogen-bond donors (Lipinski definition) is 1. The lowest BCUT2D eigenvalue weighted by Gasteiger charge is -2.20. The van der Waals surface area contributed by atoms with Crippen LogP contribution in [0.3, 0.4) is 0 Å². The Morgan fingerprint density at radius 2 is 2.35 bits per heavy atom. The maximum atomic E-state index is 5.37. The zero-order chi connectivity index (χ0) is 14.5. The molecule has 2 heterocycles. The Labute approximate surface area is 124 Å². The molecular formula is C14H20N4OS. The molecular weight excluding hydrogens is 272 g/mol. The van der Waals surface area contributed by atoms with Crippen molar-refractivity contribution in [3.8, 4) is 0 Å². The van der Waals surface area contributed by atoms with E-state index in [2.05, 4.69) is 23.5 Å². The molecule has 0 saturated carbocycles. The molecule has 0 aliphatic heterocycles. The molecule has 0 saturated heterocycles. The summed E-state index contributed by atoms with van der Waals surface area (Å²) in [4.78, 5) is 2.00. The predicted molar refractivity (Wildman–Crippen MR) is 82.3 cm³/mol. The van der Waals surface area contributed by atoms with Crippen LogP contribution >= 0.6 is 12.2 Å². The number of nitrogens with one attached hydrogen (secondary N) is 1. The van der Waals surface area contributed by atoms with Gasteiger partial charge >= 0.3 is 0 Å². The van der Waals surface area contributed by atoms with Crippen molar-refractivity contribution in [3.05, 3.63) is 41.6 Å². The molecule has 0 bridgehead atoms. The van der Waals surface area contributed by atoms with Gasteiger partial charge < -0.3 is 14.6 Å². The predicted octanol–water partition coefficient (Wildman–Crippen LogP) is 2.31. The molecule has 20 heavy (non-hydrogen) atoms. The van der Waals surface area contributed by atoms with Crippen molar-refractivity contribution in [1.82, 2.24) is 20.0 Å². The van der Waals surface area contributed by atoms with Gasteiger partial charge in [-0.15, -0.1) is 0 Å². The van der Waals surface area contributed by atoms with Gasteiger partial charge in [-0.1, -0.05) is 0 Å². The van der Waals surface area contributed by atoms with Gasteiger partial charge in [-0.3, -0.25) is 4.68 Å². The van der Waals surface area contributed by atoms with Crippen molar-refractivity contribution in [2.45, 2.75) is 33.5 Å². The van der Waals surface area contributed by atoms with E-state index in [1.807, 2.05) is 35.7 Å². The van der Waals surface area contributed by atoms with E-state index in [-0.39, 0.29) is 0 Å². The maximum Gasteiger partial charge on any atom is 0.169 e. The number of rotatable bonds is 5. The summed E-state index contributed by atoms with van der Waals surface area (Å²) in [6, 6.07) is 3.79. The van der Waals surface area contributed by atoms with E-state index in [1.165, 1.54) is 5.56 Å². The van der Waals surface area contributed by atoms with Gasteiger partial charge in [0.2, 0.25) is 0 Å². The monoisotopic (exact) mass is 292 g/mol. The molecule has 0 aliphatic rings. The van der Waals surface area contributed by atoms with Crippen LogP contribution < -0.4 is 5.32 Å². The molecule has 0 fully saturated rings. The molecule has 6 heteroatoms. The highest BCUT2D eigenvalue weighted by molar-refractivity contribution is 7.80. The first-order valence-corrected chi connectivity index (χ1v) is 7.05. The Kier molecular flexibility index (Phi) is 4.79. The fourth-order valence-electron chi connectivity index (χ4n) is 1.91. The Hall–Kier alpha value is -1.82. The number of thiocarbonyl (C=S) groups is 1. The molecule has 0 unspecified atom stereocenters. The van der Waals surface area contributed by atoms with E-state index >= 15 is 0 Å². The van der Waals surface area contributed by atoms with E-state index in [1.54, 1.807) is 6.26 Å². The van der Waals surface area contributed by atoms with E-state index in [4.69, 9.17) is 16.6 Å². The molecule has 2 aromatic rings. The SMILES string of the molecule is CCn1cc(CN(C)C(=S)NCc2ccco2)c(C)n1. The zero-order valence-electron chi connectivity index (χ0n) is 12.1. The normalized spacial score (nSPS) is 10.6. The quantitative estimate of drug-likeness (QED) is 0.857. The van der Waals surface area contributed by atoms with Crippen LogP contribution in [0.5, 0.6) is 0 Å².